The van der Waals surface area contributed by atoms with E-state index in [1.165, 1.54) is 18.2 Å². The van der Waals surface area contributed by atoms with Crippen molar-refractivity contribution in [2.24, 2.45) is 5.14 Å². The highest BCUT2D eigenvalue weighted by atomic mass is 35.5. The van der Waals surface area contributed by atoms with Crippen LogP contribution >= 0.6 is 23.2 Å². The first kappa shape index (κ1) is 20.8. The van der Waals surface area contributed by atoms with Gasteiger partial charge in [0.15, 0.2) is 0 Å². The highest BCUT2D eigenvalue weighted by Crippen LogP contribution is 2.36. The van der Waals surface area contributed by atoms with Crippen LogP contribution in [0.25, 0.3) is 11.1 Å². The van der Waals surface area contributed by atoms with E-state index in [0.29, 0.717) is 21.2 Å². The first-order chi connectivity index (χ1) is 13.2. The Labute approximate surface area is 175 Å². The normalized spacial score (nSPS) is 12.6. The molecule has 1 atom stereocenters. The Balaban J connectivity index is 2.19. The van der Waals surface area contributed by atoms with Gasteiger partial charge < -0.3 is 0 Å². The fourth-order valence-corrected chi connectivity index (χ4v) is 4.49. The lowest BCUT2D eigenvalue weighted by molar-refractivity contribution is 0.564. The molecule has 0 aliphatic heterocycles. The van der Waals surface area contributed by atoms with Crippen LogP contribution in [0, 0.1) is 0 Å². The number of sulfonamides is 1. The summed E-state index contributed by atoms with van der Waals surface area (Å²) < 4.78 is 46.8. The highest BCUT2D eigenvalue weighted by Gasteiger charge is 2.23. The van der Waals surface area contributed by atoms with E-state index in [1.54, 1.807) is 48.5 Å². The van der Waals surface area contributed by atoms with E-state index in [9.17, 15) is 17.2 Å². The topological polar surface area (TPSA) is 101 Å². The smallest absolute Gasteiger partial charge is 0.266 e. The number of rotatable bonds is 5. The maximum atomic E-state index is 12.1. The monoisotopic (exact) mass is 456 g/mol. The van der Waals surface area contributed by atoms with Crippen molar-refractivity contribution < 1.29 is 17.2 Å². The van der Waals surface area contributed by atoms with Crippen LogP contribution in [0.5, 0.6) is 0 Å². The summed E-state index contributed by atoms with van der Waals surface area (Å²) >= 11 is 9.73. The number of para-hydroxylation sites is 1. The van der Waals surface area contributed by atoms with Gasteiger partial charge in [-0.3, -0.25) is 4.55 Å². The molecule has 0 aliphatic carbocycles. The van der Waals surface area contributed by atoms with Crippen molar-refractivity contribution in [2.75, 3.05) is 4.31 Å². The van der Waals surface area contributed by atoms with Gasteiger partial charge in [-0.1, -0.05) is 47.5 Å². The van der Waals surface area contributed by atoms with Crippen molar-refractivity contribution >= 4 is 55.9 Å². The summed E-state index contributed by atoms with van der Waals surface area (Å²) in [6, 6.07) is 17.2. The summed E-state index contributed by atoms with van der Waals surface area (Å²) in [7, 11) is -4.12. The predicted molar refractivity (Wildman–Crippen MR) is 113 cm³/mol. The number of halogens is 2. The molecule has 1 unspecified atom stereocenters. The molecule has 3 aromatic rings. The first-order valence-electron chi connectivity index (χ1n) is 7.77. The third-order valence-corrected chi connectivity index (χ3v) is 6.11. The summed E-state index contributed by atoms with van der Waals surface area (Å²) in [6.07, 6.45) is 0. The summed E-state index contributed by atoms with van der Waals surface area (Å²) in [5.74, 6) is 0. The zero-order valence-electron chi connectivity index (χ0n) is 14.1. The molecular weight excluding hydrogens is 443 g/mol. The lowest BCUT2D eigenvalue weighted by Crippen LogP contribution is -2.23. The predicted octanol–water partition coefficient (Wildman–Crippen LogP) is 4.58. The van der Waals surface area contributed by atoms with E-state index in [4.69, 9.17) is 28.3 Å². The zero-order valence-corrected chi connectivity index (χ0v) is 17.3. The largest absolute Gasteiger partial charge is 0.289 e. The van der Waals surface area contributed by atoms with Crippen LogP contribution in [0.1, 0.15) is 0 Å². The zero-order chi connectivity index (χ0) is 20.5. The highest BCUT2D eigenvalue weighted by molar-refractivity contribution is 7.89. The Morgan fingerprint density at radius 2 is 1.68 bits per heavy atom. The minimum Gasteiger partial charge on any atom is -0.289 e. The number of hydrogen-bond acceptors (Lipinski definition) is 3. The van der Waals surface area contributed by atoms with E-state index in [0.717, 1.165) is 4.31 Å². The van der Waals surface area contributed by atoms with Crippen LogP contribution in [0.3, 0.4) is 0 Å². The molecule has 6 nitrogen and oxygen atoms in total. The Kier molecular flexibility index (Phi) is 6.09. The van der Waals surface area contributed by atoms with Gasteiger partial charge in [-0.05, 0) is 48.0 Å². The first-order valence-corrected chi connectivity index (χ1v) is 11.1. The maximum absolute atomic E-state index is 12.1. The number of nitrogens with zero attached hydrogens (tertiary/aromatic N) is 1. The molecule has 28 heavy (non-hydrogen) atoms. The molecule has 0 saturated carbocycles. The van der Waals surface area contributed by atoms with Gasteiger partial charge in [0, 0.05) is 15.6 Å². The van der Waals surface area contributed by atoms with Crippen molar-refractivity contribution in [3.63, 3.8) is 0 Å². The molecule has 0 saturated heterocycles. The Hall–Kier alpha value is -1.94. The fourth-order valence-electron chi connectivity index (χ4n) is 2.70. The van der Waals surface area contributed by atoms with Gasteiger partial charge in [-0.15, -0.1) is 0 Å². The van der Waals surface area contributed by atoms with Crippen LogP contribution in [0.4, 0.5) is 11.4 Å². The summed E-state index contributed by atoms with van der Waals surface area (Å²) in [5.41, 5.74) is 1.50. The number of anilines is 2. The van der Waals surface area contributed by atoms with Crippen LogP contribution in [0.15, 0.2) is 71.6 Å². The minimum atomic E-state index is -4.12. The molecule has 3 N–H and O–H groups in total. The van der Waals surface area contributed by atoms with E-state index >= 15 is 0 Å². The minimum absolute atomic E-state index is 0.0276. The van der Waals surface area contributed by atoms with Crippen LogP contribution in [-0.4, -0.2) is 17.2 Å². The molecule has 10 heteroatoms. The van der Waals surface area contributed by atoms with Crippen molar-refractivity contribution in [1.29, 1.82) is 0 Å². The van der Waals surface area contributed by atoms with Crippen LogP contribution < -0.4 is 9.44 Å². The second kappa shape index (κ2) is 8.20. The lowest BCUT2D eigenvalue weighted by Gasteiger charge is -2.22. The van der Waals surface area contributed by atoms with Crippen molar-refractivity contribution in [3.05, 3.63) is 76.8 Å². The molecule has 0 aliphatic rings. The standard InChI is InChI=1S/C18H14Cl2N2O4S2/c19-13-8-9-16(20)15(11-13)12-4-3-5-14(10-12)22(27(23)24)17-6-1-2-7-18(17)28(21,25)26/h1-11H,(H,23,24)(H2,21,25,26). The Morgan fingerprint density at radius 1 is 0.964 bits per heavy atom. The van der Waals surface area contributed by atoms with Crippen LogP contribution in [0.2, 0.25) is 10.0 Å². The third-order valence-electron chi connectivity index (χ3n) is 3.87. The van der Waals surface area contributed by atoms with Crippen molar-refractivity contribution in [3.8, 4) is 11.1 Å². The van der Waals surface area contributed by atoms with E-state index in [-0.39, 0.29) is 16.3 Å². The maximum Gasteiger partial charge on any atom is 0.266 e. The number of hydrogen-bond donors (Lipinski definition) is 2. The molecule has 0 bridgehead atoms. The molecular formula is C18H14Cl2N2O4S2. The third kappa shape index (κ3) is 4.38. The van der Waals surface area contributed by atoms with E-state index < -0.39 is 21.3 Å². The Bertz CT molecular complexity index is 1170. The number of primary sulfonamides is 1. The van der Waals surface area contributed by atoms with Gasteiger partial charge in [-0.2, -0.15) is 0 Å². The average molecular weight is 457 g/mol. The number of nitrogens with two attached hydrogens (primary N) is 1. The summed E-state index contributed by atoms with van der Waals surface area (Å²) in [6.45, 7) is 0. The van der Waals surface area contributed by atoms with E-state index in [2.05, 4.69) is 0 Å². The SMILES string of the molecule is NS(=O)(=O)c1ccccc1N(c1cccc(-c2cc(Cl)ccc2Cl)c1)S(=O)O. The number of benzene rings is 3. The van der Waals surface area contributed by atoms with Crippen molar-refractivity contribution in [2.45, 2.75) is 4.90 Å². The Morgan fingerprint density at radius 3 is 2.36 bits per heavy atom. The van der Waals surface area contributed by atoms with Crippen molar-refractivity contribution in [1.82, 2.24) is 0 Å². The molecule has 3 rings (SSSR count). The average Bonchev–Trinajstić information content (AvgIpc) is 2.63. The molecule has 0 heterocycles. The van der Waals surface area contributed by atoms with Gasteiger partial charge >= 0.3 is 0 Å². The molecule has 0 spiro atoms. The van der Waals surface area contributed by atoms with Gasteiger partial charge in [-0.25, -0.2) is 22.1 Å². The summed E-state index contributed by atoms with van der Waals surface area (Å²) in [4.78, 5) is -0.274. The van der Waals surface area contributed by atoms with Crippen LogP contribution in [-0.2, 0) is 21.3 Å². The fraction of sp³-hybridized carbons (Fsp3) is 0. The molecule has 3 aromatic carbocycles. The molecule has 0 amide bonds. The quantitative estimate of drug-likeness (QED) is 0.548. The summed E-state index contributed by atoms with van der Waals surface area (Å²) in [5, 5.41) is 6.19. The van der Waals surface area contributed by atoms with Gasteiger partial charge in [0.05, 0.1) is 11.4 Å². The van der Waals surface area contributed by atoms with E-state index in [1.807, 2.05) is 0 Å². The molecule has 0 radical (unpaired) electrons. The molecule has 0 fully saturated rings. The van der Waals surface area contributed by atoms with Gasteiger partial charge in [0.2, 0.25) is 10.0 Å². The molecule has 0 aromatic heterocycles. The van der Waals surface area contributed by atoms with Gasteiger partial charge in [0.25, 0.3) is 11.3 Å². The molecule has 146 valence electrons. The second-order valence-corrected chi connectivity index (χ2v) is 8.91. The van der Waals surface area contributed by atoms with Gasteiger partial charge in [0.1, 0.15) is 4.90 Å². The second-order valence-electron chi connectivity index (χ2n) is 5.71. The lowest BCUT2D eigenvalue weighted by atomic mass is 10.0.